The second kappa shape index (κ2) is 9.68. The molecule has 0 radical (unpaired) electrons. The molecule has 2 aromatic carbocycles. The summed E-state index contributed by atoms with van der Waals surface area (Å²) in [5.74, 6) is 1.76. The molecule has 1 amide bonds. The first-order valence-electron chi connectivity index (χ1n) is 9.88. The lowest BCUT2D eigenvalue weighted by Gasteiger charge is -2.21. The van der Waals surface area contributed by atoms with Crippen LogP contribution in [0.3, 0.4) is 0 Å². The van der Waals surface area contributed by atoms with E-state index >= 15 is 0 Å². The van der Waals surface area contributed by atoms with Gasteiger partial charge in [-0.2, -0.15) is 0 Å². The fourth-order valence-corrected chi connectivity index (χ4v) is 2.97. The number of amides is 1. The van der Waals surface area contributed by atoms with E-state index in [0.717, 1.165) is 30.2 Å². The number of carbonyl (C=O) groups is 1. The number of nitrogens with zero attached hydrogens (tertiary/aromatic N) is 3. The van der Waals surface area contributed by atoms with Crippen molar-refractivity contribution in [3.63, 3.8) is 0 Å². The van der Waals surface area contributed by atoms with Gasteiger partial charge in [0.15, 0.2) is 5.82 Å². The molecular formula is C23H26N4O2. The quantitative estimate of drug-likeness (QED) is 0.607. The molecule has 0 aliphatic carbocycles. The minimum Gasteiger partial charge on any atom is -0.494 e. The maximum Gasteiger partial charge on any atom is 0.274 e. The highest BCUT2D eigenvalue weighted by molar-refractivity contribution is 6.03. The molecular weight excluding hydrogens is 364 g/mol. The van der Waals surface area contributed by atoms with E-state index in [-0.39, 0.29) is 5.91 Å². The van der Waals surface area contributed by atoms with Crippen LogP contribution < -0.4 is 15.0 Å². The molecule has 6 nitrogen and oxygen atoms in total. The lowest BCUT2D eigenvalue weighted by molar-refractivity contribution is 0.102. The van der Waals surface area contributed by atoms with Gasteiger partial charge < -0.3 is 15.0 Å². The summed E-state index contributed by atoms with van der Waals surface area (Å²) < 4.78 is 5.44. The highest BCUT2D eigenvalue weighted by Gasteiger charge is 2.16. The second-order valence-corrected chi connectivity index (χ2v) is 6.38. The highest BCUT2D eigenvalue weighted by Crippen LogP contribution is 2.21. The standard InChI is InChI=1S/C23H26N4O2/c1-4-27(5-2)21-16-20(25-22(26-21)17-10-8-7-9-11-17)23(28)24-18-12-14-19(15-13-18)29-6-3/h7-16H,4-6H2,1-3H3,(H,24,28). The zero-order valence-electron chi connectivity index (χ0n) is 17.1. The maximum atomic E-state index is 12.9. The summed E-state index contributed by atoms with van der Waals surface area (Å²) in [5, 5.41) is 2.91. The summed E-state index contributed by atoms with van der Waals surface area (Å²) in [6.07, 6.45) is 0. The van der Waals surface area contributed by atoms with E-state index in [0.29, 0.717) is 23.8 Å². The van der Waals surface area contributed by atoms with Crippen LogP contribution in [0.5, 0.6) is 5.75 Å². The van der Waals surface area contributed by atoms with Crippen molar-refractivity contribution in [1.82, 2.24) is 9.97 Å². The molecule has 0 unspecified atom stereocenters. The topological polar surface area (TPSA) is 67.3 Å². The number of hydrogen-bond acceptors (Lipinski definition) is 5. The number of nitrogens with one attached hydrogen (secondary N) is 1. The molecule has 0 atom stereocenters. The average molecular weight is 390 g/mol. The lowest BCUT2D eigenvalue weighted by atomic mass is 10.2. The van der Waals surface area contributed by atoms with Crippen molar-refractivity contribution < 1.29 is 9.53 Å². The van der Waals surface area contributed by atoms with E-state index in [9.17, 15) is 4.79 Å². The number of hydrogen-bond donors (Lipinski definition) is 1. The first-order valence-corrected chi connectivity index (χ1v) is 9.88. The Morgan fingerprint density at radius 2 is 1.66 bits per heavy atom. The predicted octanol–water partition coefficient (Wildman–Crippen LogP) is 4.64. The monoisotopic (exact) mass is 390 g/mol. The van der Waals surface area contributed by atoms with Crippen LogP contribution in [0.1, 0.15) is 31.3 Å². The molecule has 6 heteroatoms. The Morgan fingerprint density at radius 1 is 0.966 bits per heavy atom. The van der Waals surface area contributed by atoms with E-state index in [4.69, 9.17) is 4.74 Å². The summed E-state index contributed by atoms with van der Waals surface area (Å²) in [5.41, 5.74) is 1.88. The SMILES string of the molecule is CCOc1ccc(NC(=O)c2cc(N(CC)CC)nc(-c3ccccc3)n2)cc1. The van der Waals surface area contributed by atoms with Crippen molar-refractivity contribution in [2.24, 2.45) is 0 Å². The first-order chi connectivity index (χ1) is 14.1. The fraction of sp³-hybridized carbons (Fsp3) is 0.261. The Labute approximate surface area is 171 Å². The molecule has 1 N–H and O–H groups in total. The number of ether oxygens (including phenoxy) is 1. The molecule has 0 saturated heterocycles. The molecule has 0 aliphatic heterocycles. The number of benzene rings is 2. The molecule has 29 heavy (non-hydrogen) atoms. The van der Waals surface area contributed by atoms with Gasteiger partial charge in [-0.15, -0.1) is 0 Å². The van der Waals surface area contributed by atoms with Crippen molar-refractivity contribution in [2.75, 3.05) is 29.9 Å². The summed E-state index contributed by atoms with van der Waals surface area (Å²) in [6, 6.07) is 18.7. The Balaban J connectivity index is 1.92. The molecule has 0 fully saturated rings. The van der Waals surface area contributed by atoms with Crippen LogP contribution in [0.25, 0.3) is 11.4 Å². The van der Waals surface area contributed by atoms with Crippen LogP contribution in [0.15, 0.2) is 60.7 Å². The number of rotatable bonds is 8. The fourth-order valence-electron chi connectivity index (χ4n) is 2.97. The summed E-state index contributed by atoms with van der Waals surface area (Å²) in [7, 11) is 0. The van der Waals surface area contributed by atoms with E-state index in [1.54, 1.807) is 6.07 Å². The predicted molar refractivity (Wildman–Crippen MR) is 117 cm³/mol. The molecule has 0 spiro atoms. The second-order valence-electron chi connectivity index (χ2n) is 6.38. The van der Waals surface area contributed by atoms with Crippen LogP contribution in [0.2, 0.25) is 0 Å². The molecule has 3 rings (SSSR count). The van der Waals surface area contributed by atoms with Crippen LogP contribution in [0, 0.1) is 0 Å². The van der Waals surface area contributed by atoms with Crippen LogP contribution in [0.4, 0.5) is 11.5 Å². The average Bonchev–Trinajstić information content (AvgIpc) is 2.76. The third-order valence-corrected chi connectivity index (χ3v) is 4.49. The molecule has 1 heterocycles. The molecule has 1 aromatic heterocycles. The van der Waals surface area contributed by atoms with Crippen molar-refractivity contribution in [3.05, 3.63) is 66.4 Å². The van der Waals surface area contributed by atoms with Gasteiger partial charge in [-0.1, -0.05) is 30.3 Å². The van der Waals surface area contributed by atoms with E-state index < -0.39 is 0 Å². The first kappa shape index (κ1) is 20.3. The third kappa shape index (κ3) is 5.10. The number of anilines is 2. The zero-order valence-corrected chi connectivity index (χ0v) is 17.1. The third-order valence-electron chi connectivity index (χ3n) is 4.49. The molecule has 0 bridgehead atoms. The minimum atomic E-state index is -0.276. The van der Waals surface area contributed by atoms with Gasteiger partial charge in [0, 0.05) is 30.4 Å². The summed E-state index contributed by atoms with van der Waals surface area (Å²) in [4.78, 5) is 24.2. The molecule has 150 valence electrons. The maximum absolute atomic E-state index is 12.9. The van der Waals surface area contributed by atoms with Gasteiger partial charge in [-0.3, -0.25) is 4.79 Å². The highest BCUT2D eigenvalue weighted by atomic mass is 16.5. The van der Waals surface area contributed by atoms with Crippen LogP contribution in [-0.4, -0.2) is 35.6 Å². The van der Waals surface area contributed by atoms with Crippen LogP contribution >= 0.6 is 0 Å². The largest absolute Gasteiger partial charge is 0.494 e. The van der Waals surface area contributed by atoms with Gasteiger partial charge >= 0.3 is 0 Å². The van der Waals surface area contributed by atoms with Gasteiger partial charge in [0.2, 0.25) is 0 Å². The van der Waals surface area contributed by atoms with E-state index in [1.165, 1.54) is 0 Å². The van der Waals surface area contributed by atoms with Crippen molar-refractivity contribution in [2.45, 2.75) is 20.8 Å². The Kier molecular flexibility index (Phi) is 6.79. The van der Waals surface area contributed by atoms with Gasteiger partial charge in [0.05, 0.1) is 6.61 Å². The minimum absolute atomic E-state index is 0.276. The van der Waals surface area contributed by atoms with Crippen LogP contribution in [-0.2, 0) is 0 Å². The molecule has 0 saturated carbocycles. The van der Waals surface area contributed by atoms with Gasteiger partial charge in [0.25, 0.3) is 5.91 Å². The van der Waals surface area contributed by atoms with Gasteiger partial charge in [0.1, 0.15) is 17.3 Å². The normalized spacial score (nSPS) is 10.4. The van der Waals surface area contributed by atoms with Gasteiger partial charge in [-0.05, 0) is 45.0 Å². The molecule has 3 aromatic rings. The zero-order chi connectivity index (χ0) is 20.6. The Morgan fingerprint density at radius 3 is 2.28 bits per heavy atom. The summed E-state index contributed by atoms with van der Waals surface area (Å²) >= 11 is 0. The van der Waals surface area contributed by atoms with E-state index in [2.05, 4.69) is 34.0 Å². The Hall–Kier alpha value is -3.41. The Bertz CT molecular complexity index is 939. The lowest BCUT2D eigenvalue weighted by Crippen LogP contribution is -2.24. The van der Waals surface area contributed by atoms with Crippen molar-refractivity contribution >= 4 is 17.4 Å². The summed E-state index contributed by atoms with van der Waals surface area (Å²) in [6.45, 7) is 8.25. The van der Waals surface area contributed by atoms with E-state index in [1.807, 2.05) is 61.5 Å². The molecule has 0 aliphatic rings. The van der Waals surface area contributed by atoms with Crippen molar-refractivity contribution in [1.29, 1.82) is 0 Å². The number of aromatic nitrogens is 2. The van der Waals surface area contributed by atoms with Crippen molar-refractivity contribution in [3.8, 4) is 17.1 Å². The van der Waals surface area contributed by atoms with Gasteiger partial charge in [-0.25, -0.2) is 9.97 Å². The smallest absolute Gasteiger partial charge is 0.274 e. The number of carbonyl (C=O) groups excluding carboxylic acids is 1.